The molecule has 0 fully saturated rings. The van der Waals surface area contributed by atoms with Gasteiger partial charge in [0.2, 0.25) is 0 Å². The Bertz CT molecular complexity index is 3250. The number of fused-ring (bicyclic) bond motifs is 10. The van der Waals surface area contributed by atoms with Crippen molar-refractivity contribution in [3.05, 3.63) is 247 Å². The lowest BCUT2D eigenvalue weighted by atomic mass is 9.70. The molecule has 61 heavy (non-hydrogen) atoms. The topological polar surface area (TPSA) is 38.7 Å². The van der Waals surface area contributed by atoms with E-state index in [1.165, 1.54) is 55.6 Å². The first-order valence-electron chi connectivity index (χ1n) is 20.8. The normalized spacial score (nSPS) is 12.7. The molecular weight excluding hydrogens is 739 g/mol. The molecule has 2 aromatic heterocycles. The average molecular weight is 776 g/mol. The van der Waals surface area contributed by atoms with Gasteiger partial charge in [0.15, 0.2) is 5.82 Å². The van der Waals surface area contributed by atoms with Crippen molar-refractivity contribution in [1.82, 2.24) is 15.0 Å². The minimum absolute atomic E-state index is 0.378. The Morgan fingerprint density at radius 1 is 0.279 bits per heavy atom. The second kappa shape index (κ2) is 14.1. The van der Waals surface area contributed by atoms with Crippen molar-refractivity contribution in [3.63, 3.8) is 0 Å². The van der Waals surface area contributed by atoms with Crippen molar-refractivity contribution >= 4 is 0 Å². The molecule has 0 amide bonds. The standard InChI is InChI=1S/C58H37N3/c1-2-15-40(16-3-1)57-60-54(39-32-30-38(31-33-39)53-29-10-11-34-59-53)37-55(61-57)44-20-13-18-42(36-44)41-17-12-19-43(35-41)45-24-14-28-52-56(45)48-23-6-9-27-51(48)58(52)49-25-7-4-21-46(49)47-22-5-8-26-50(47)58/h1-37H. The van der Waals surface area contributed by atoms with Gasteiger partial charge >= 0.3 is 0 Å². The van der Waals surface area contributed by atoms with Gasteiger partial charge in [0, 0.05) is 28.5 Å². The maximum absolute atomic E-state index is 5.17. The third-order valence-electron chi connectivity index (χ3n) is 12.6. The lowest BCUT2D eigenvalue weighted by Gasteiger charge is -2.30. The number of hydrogen-bond acceptors (Lipinski definition) is 3. The number of aromatic nitrogens is 3. The molecule has 0 aliphatic heterocycles. The highest BCUT2D eigenvalue weighted by Crippen LogP contribution is 2.64. The van der Waals surface area contributed by atoms with Crippen molar-refractivity contribution in [1.29, 1.82) is 0 Å². The Morgan fingerprint density at radius 3 is 1.43 bits per heavy atom. The number of pyridine rings is 1. The van der Waals surface area contributed by atoms with Gasteiger partial charge in [-0.25, -0.2) is 9.97 Å². The third kappa shape index (κ3) is 5.55. The molecule has 12 rings (SSSR count). The zero-order valence-corrected chi connectivity index (χ0v) is 33.2. The Balaban J connectivity index is 0.962. The van der Waals surface area contributed by atoms with E-state index in [1.54, 1.807) is 0 Å². The fraction of sp³-hybridized carbons (Fsp3) is 0.0172. The largest absolute Gasteiger partial charge is 0.256 e. The van der Waals surface area contributed by atoms with Crippen LogP contribution in [0.2, 0.25) is 0 Å². The Hall–Kier alpha value is -8.01. The average Bonchev–Trinajstić information content (AvgIpc) is 3.82. The number of benzene rings is 8. The van der Waals surface area contributed by atoms with Gasteiger partial charge in [-0.15, -0.1) is 0 Å². The summed E-state index contributed by atoms with van der Waals surface area (Å²) in [6.45, 7) is 0. The van der Waals surface area contributed by atoms with Crippen LogP contribution in [0.3, 0.4) is 0 Å². The molecule has 1 spiro atoms. The summed E-state index contributed by atoms with van der Waals surface area (Å²) in [6, 6.07) is 78.5. The first-order valence-corrected chi connectivity index (χ1v) is 20.8. The molecule has 0 radical (unpaired) electrons. The molecule has 284 valence electrons. The van der Waals surface area contributed by atoms with E-state index in [0.29, 0.717) is 5.82 Å². The SMILES string of the molecule is c1ccc(-c2nc(-c3ccc(-c4ccccn4)cc3)cc(-c3cccc(-c4cccc(-c5cccc6c5-c5ccccc5C65c6ccccc6-c6ccccc65)c4)c3)n2)cc1. The maximum Gasteiger partial charge on any atom is 0.160 e. The molecule has 0 saturated heterocycles. The second-order valence-electron chi connectivity index (χ2n) is 15.9. The summed E-state index contributed by atoms with van der Waals surface area (Å²) in [5, 5.41) is 0. The summed E-state index contributed by atoms with van der Waals surface area (Å²) in [5.41, 5.74) is 21.8. The molecule has 0 unspecified atom stereocenters. The van der Waals surface area contributed by atoms with Gasteiger partial charge < -0.3 is 0 Å². The zero-order chi connectivity index (χ0) is 40.3. The van der Waals surface area contributed by atoms with E-state index in [1.807, 2.05) is 42.6 Å². The van der Waals surface area contributed by atoms with Gasteiger partial charge in [0.25, 0.3) is 0 Å². The van der Waals surface area contributed by atoms with Gasteiger partial charge in [-0.2, -0.15) is 0 Å². The van der Waals surface area contributed by atoms with E-state index in [9.17, 15) is 0 Å². The molecule has 3 nitrogen and oxygen atoms in total. The minimum Gasteiger partial charge on any atom is -0.256 e. The van der Waals surface area contributed by atoms with Gasteiger partial charge in [-0.1, -0.05) is 188 Å². The fourth-order valence-corrected chi connectivity index (χ4v) is 9.91. The lowest BCUT2D eigenvalue weighted by molar-refractivity contribution is 0.794. The van der Waals surface area contributed by atoms with Gasteiger partial charge in [-0.3, -0.25) is 4.98 Å². The van der Waals surface area contributed by atoms with Crippen LogP contribution in [0.5, 0.6) is 0 Å². The highest BCUT2D eigenvalue weighted by Gasteiger charge is 2.51. The summed E-state index contributed by atoms with van der Waals surface area (Å²) in [7, 11) is 0. The van der Waals surface area contributed by atoms with Crippen LogP contribution < -0.4 is 0 Å². The van der Waals surface area contributed by atoms with Crippen molar-refractivity contribution in [2.24, 2.45) is 0 Å². The Morgan fingerprint density at radius 2 is 0.754 bits per heavy atom. The lowest BCUT2D eigenvalue weighted by Crippen LogP contribution is -2.25. The van der Waals surface area contributed by atoms with E-state index >= 15 is 0 Å². The summed E-state index contributed by atoms with van der Waals surface area (Å²) in [4.78, 5) is 14.8. The molecule has 8 aromatic carbocycles. The predicted octanol–water partition coefficient (Wildman–Crippen LogP) is 14.2. The monoisotopic (exact) mass is 775 g/mol. The molecule has 0 bridgehead atoms. The van der Waals surface area contributed by atoms with Crippen molar-refractivity contribution in [3.8, 4) is 89.7 Å². The van der Waals surface area contributed by atoms with Crippen molar-refractivity contribution < 1.29 is 0 Å². The highest BCUT2D eigenvalue weighted by molar-refractivity contribution is 6.00. The molecule has 3 heteroatoms. The van der Waals surface area contributed by atoms with Crippen LogP contribution in [0, 0.1) is 0 Å². The molecule has 2 heterocycles. The summed E-state index contributed by atoms with van der Waals surface area (Å²) < 4.78 is 0. The second-order valence-corrected chi connectivity index (χ2v) is 15.9. The molecular formula is C58H37N3. The molecule has 10 aromatic rings. The van der Waals surface area contributed by atoms with Crippen molar-refractivity contribution in [2.45, 2.75) is 5.41 Å². The Kier molecular flexibility index (Phi) is 8.07. The van der Waals surface area contributed by atoms with Crippen LogP contribution >= 0.6 is 0 Å². The van der Waals surface area contributed by atoms with Crippen LogP contribution in [0.15, 0.2) is 225 Å². The van der Waals surface area contributed by atoms with E-state index in [-0.39, 0.29) is 5.41 Å². The Labute approximate surface area is 355 Å². The van der Waals surface area contributed by atoms with Gasteiger partial charge in [0.05, 0.1) is 22.5 Å². The summed E-state index contributed by atoms with van der Waals surface area (Å²) in [6.07, 6.45) is 1.83. The van der Waals surface area contributed by atoms with E-state index < -0.39 is 0 Å². The van der Waals surface area contributed by atoms with Gasteiger partial charge in [-0.05, 0) is 97.1 Å². The first-order chi connectivity index (χ1) is 30.2. The fourth-order valence-electron chi connectivity index (χ4n) is 9.91. The molecule has 0 saturated carbocycles. The first kappa shape index (κ1) is 35.0. The molecule has 2 aliphatic carbocycles. The van der Waals surface area contributed by atoms with Crippen molar-refractivity contribution in [2.75, 3.05) is 0 Å². The van der Waals surface area contributed by atoms with E-state index in [0.717, 1.165) is 50.5 Å². The zero-order valence-electron chi connectivity index (χ0n) is 33.2. The molecule has 0 N–H and O–H groups in total. The highest BCUT2D eigenvalue weighted by atomic mass is 14.9. The van der Waals surface area contributed by atoms with Crippen LogP contribution in [-0.2, 0) is 5.41 Å². The number of rotatable bonds is 6. The summed E-state index contributed by atoms with van der Waals surface area (Å²) in [5.74, 6) is 0.692. The van der Waals surface area contributed by atoms with Crippen LogP contribution in [0.1, 0.15) is 22.3 Å². The smallest absolute Gasteiger partial charge is 0.160 e. The van der Waals surface area contributed by atoms with Gasteiger partial charge in [0.1, 0.15) is 0 Å². The number of hydrogen-bond donors (Lipinski definition) is 0. The van der Waals surface area contributed by atoms with Crippen LogP contribution in [0.25, 0.3) is 89.7 Å². The van der Waals surface area contributed by atoms with Crippen LogP contribution in [-0.4, -0.2) is 15.0 Å². The van der Waals surface area contributed by atoms with Crippen LogP contribution in [0.4, 0.5) is 0 Å². The molecule has 2 aliphatic rings. The maximum atomic E-state index is 5.17. The number of nitrogens with zero attached hydrogens (tertiary/aromatic N) is 3. The van der Waals surface area contributed by atoms with E-state index in [4.69, 9.17) is 9.97 Å². The molecule has 0 atom stereocenters. The minimum atomic E-state index is -0.378. The third-order valence-corrected chi connectivity index (χ3v) is 12.6. The predicted molar refractivity (Wildman–Crippen MR) is 249 cm³/mol. The summed E-state index contributed by atoms with van der Waals surface area (Å²) >= 11 is 0. The van der Waals surface area contributed by atoms with E-state index in [2.05, 4.69) is 187 Å². The quantitative estimate of drug-likeness (QED) is 0.169.